The lowest BCUT2D eigenvalue weighted by molar-refractivity contribution is -0.152. The summed E-state index contributed by atoms with van der Waals surface area (Å²) in [4.78, 5) is 12.4. The van der Waals surface area contributed by atoms with Gasteiger partial charge in [0.1, 0.15) is 5.54 Å². The number of rotatable bonds is 7. The third-order valence-corrected chi connectivity index (χ3v) is 3.51. The van der Waals surface area contributed by atoms with Crippen molar-refractivity contribution in [3.63, 3.8) is 0 Å². The second-order valence-electron chi connectivity index (χ2n) is 4.16. The van der Waals surface area contributed by atoms with Crippen LogP contribution in [-0.2, 0) is 15.1 Å². The van der Waals surface area contributed by atoms with Gasteiger partial charge >= 0.3 is 5.97 Å². The molecular formula is C15H20BrNO2. The van der Waals surface area contributed by atoms with Crippen molar-refractivity contribution in [1.29, 1.82) is 0 Å². The first-order valence-corrected chi connectivity index (χ1v) is 7.19. The van der Waals surface area contributed by atoms with Crippen LogP contribution in [0.1, 0.15) is 25.8 Å². The van der Waals surface area contributed by atoms with Gasteiger partial charge in [0.2, 0.25) is 0 Å². The Balaban J connectivity index is 3.22. The van der Waals surface area contributed by atoms with E-state index in [0.717, 1.165) is 10.0 Å². The molecule has 0 aliphatic rings. The van der Waals surface area contributed by atoms with E-state index < -0.39 is 5.54 Å². The molecule has 0 spiro atoms. The molecule has 0 radical (unpaired) electrons. The topological polar surface area (TPSA) is 38.3 Å². The third-order valence-electron chi connectivity index (χ3n) is 3.02. The van der Waals surface area contributed by atoms with E-state index in [1.165, 1.54) is 0 Å². The molecule has 3 nitrogen and oxygen atoms in total. The van der Waals surface area contributed by atoms with E-state index in [4.69, 9.17) is 4.74 Å². The van der Waals surface area contributed by atoms with Crippen molar-refractivity contribution >= 4 is 21.9 Å². The maximum absolute atomic E-state index is 12.4. The molecular weight excluding hydrogens is 306 g/mol. The summed E-state index contributed by atoms with van der Waals surface area (Å²) >= 11 is 3.44. The zero-order valence-electron chi connectivity index (χ0n) is 11.4. The summed E-state index contributed by atoms with van der Waals surface area (Å²) in [7, 11) is 0. The van der Waals surface area contributed by atoms with E-state index in [1.54, 1.807) is 6.08 Å². The van der Waals surface area contributed by atoms with E-state index in [1.807, 2.05) is 38.1 Å². The Labute approximate surface area is 123 Å². The number of hydrogen-bond acceptors (Lipinski definition) is 3. The molecule has 0 aromatic heterocycles. The standard InChI is InChI=1S/C15H20BrNO2/c1-4-10-17-15(5-2,14(18)19-6-3)12-8-7-9-13(16)11-12/h4,7-9,11,17H,1,5-6,10H2,2-3H3. The number of halogens is 1. The normalized spacial score (nSPS) is 13.6. The van der Waals surface area contributed by atoms with Crippen LogP contribution in [0, 0.1) is 0 Å². The lowest BCUT2D eigenvalue weighted by Gasteiger charge is -2.31. The summed E-state index contributed by atoms with van der Waals surface area (Å²) in [5.74, 6) is -0.252. The molecule has 104 valence electrons. The van der Waals surface area contributed by atoms with E-state index >= 15 is 0 Å². The van der Waals surface area contributed by atoms with Crippen molar-refractivity contribution in [2.24, 2.45) is 0 Å². The first-order chi connectivity index (χ1) is 9.10. The summed E-state index contributed by atoms with van der Waals surface area (Å²) in [6.07, 6.45) is 2.34. The molecule has 1 N–H and O–H groups in total. The van der Waals surface area contributed by atoms with Crippen LogP contribution in [0.3, 0.4) is 0 Å². The number of benzene rings is 1. The van der Waals surface area contributed by atoms with Crippen LogP contribution in [0.15, 0.2) is 41.4 Å². The third kappa shape index (κ3) is 3.67. The van der Waals surface area contributed by atoms with Crippen molar-refractivity contribution < 1.29 is 9.53 Å². The molecule has 0 saturated heterocycles. The Morgan fingerprint density at radius 3 is 2.79 bits per heavy atom. The highest BCUT2D eigenvalue weighted by atomic mass is 79.9. The van der Waals surface area contributed by atoms with Crippen LogP contribution in [0.2, 0.25) is 0 Å². The van der Waals surface area contributed by atoms with Gasteiger partial charge in [-0.2, -0.15) is 0 Å². The SMILES string of the molecule is C=CCNC(CC)(C(=O)OCC)c1cccc(Br)c1. The van der Waals surface area contributed by atoms with Gasteiger partial charge in [0.25, 0.3) is 0 Å². The average Bonchev–Trinajstić information content (AvgIpc) is 2.40. The van der Waals surface area contributed by atoms with Crippen molar-refractivity contribution in [3.8, 4) is 0 Å². The van der Waals surface area contributed by atoms with Crippen molar-refractivity contribution in [1.82, 2.24) is 5.32 Å². The predicted octanol–water partition coefficient (Wildman–Crippen LogP) is 3.39. The number of hydrogen-bond donors (Lipinski definition) is 1. The van der Waals surface area contributed by atoms with Gasteiger partial charge in [-0.1, -0.05) is 41.1 Å². The molecule has 0 saturated carbocycles. The largest absolute Gasteiger partial charge is 0.464 e. The molecule has 0 aliphatic heterocycles. The highest BCUT2D eigenvalue weighted by Gasteiger charge is 2.39. The molecule has 0 fully saturated rings. The minimum atomic E-state index is -0.825. The van der Waals surface area contributed by atoms with E-state index in [-0.39, 0.29) is 5.97 Å². The fraction of sp³-hybridized carbons (Fsp3) is 0.400. The van der Waals surface area contributed by atoms with Gasteiger partial charge in [0.05, 0.1) is 6.61 Å². The lowest BCUT2D eigenvalue weighted by Crippen LogP contribution is -2.49. The number of carbonyl (C=O) groups is 1. The minimum Gasteiger partial charge on any atom is -0.464 e. The molecule has 0 aliphatic carbocycles. The van der Waals surface area contributed by atoms with Gasteiger partial charge in [0, 0.05) is 11.0 Å². The first kappa shape index (κ1) is 15.9. The fourth-order valence-electron chi connectivity index (χ4n) is 2.02. The van der Waals surface area contributed by atoms with Crippen molar-refractivity contribution in [3.05, 3.63) is 47.0 Å². The maximum Gasteiger partial charge on any atom is 0.330 e. The van der Waals surface area contributed by atoms with Crippen molar-refractivity contribution in [2.75, 3.05) is 13.2 Å². The minimum absolute atomic E-state index is 0.252. The lowest BCUT2D eigenvalue weighted by atomic mass is 9.87. The molecule has 0 heterocycles. The van der Waals surface area contributed by atoms with Gasteiger partial charge in [-0.3, -0.25) is 5.32 Å². The number of carbonyl (C=O) groups excluding carboxylic acids is 1. The zero-order valence-corrected chi connectivity index (χ0v) is 13.0. The Kier molecular flexibility index (Phi) is 6.25. The summed E-state index contributed by atoms with van der Waals surface area (Å²) in [6.45, 7) is 8.38. The Morgan fingerprint density at radius 2 is 2.26 bits per heavy atom. The second-order valence-corrected chi connectivity index (χ2v) is 5.07. The average molecular weight is 326 g/mol. The molecule has 19 heavy (non-hydrogen) atoms. The van der Waals surface area contributed by atoms with Gasteiger partial charge in [-0.15, -0.1) is 6.58 Å². The fourth-order valence-corrected chi connectivity index (χ4v) is 2.42. The number of esters is 1. The van der Waals surface area contributed by atoms with Crippen LogP contribution < -0.4 is 5.32 Å². The van der Waals surface area contributed by atoms with Gasteiger partial charge in [-0.25, -0.2) is 4.79 Å². The first-order valence-electron chi connectivity index (χ1n) is 6.40. The monoisotopic (exact) mass is 325 g/mol. The second kappa shape index (κ2) is 7.46. The Morgan fingerprint density at radius 1 is 1.53 bits per heavy atom. The molecule has 1 aromatic rings. The van der Waals surface area contributed by atoms with E-state index in [2.05, 4.69) is 27.8 Å². The molecule has 1 aromatic carbocycles. The number of ether oxygens (including phenoxy) is 1. The summed E-state index contributed by atoms with van der Waals surface area (Å²) in [5.41, 5.74) is 0.0678. The molecule has 1 atom stereocenters. The summed E-state index contributed by atoms with van der Waals surface area (Å²) in [6, 6.07) is 7.72. The highest BCUT2D eigenvalue weighted by Crippen LogP contribution is 2.29. The predicted molar refractivity (Wildman–Crippen MR) is 80.9 cm³/mol. The molecule has 4 heteroatoms. The Bertz CT molecular complexity index is 448. The van der Waals surface area contributed by atoms with E-state index in [9.17, 15) is 4.79 Å². The molecule has 1 rings (SSSR count). The molecule has 0 amide bonds. The maximum atomic E-state index is 12.4. The number of nitrogens with one attached hydrogen (secondary N) is 1. The van der Waals surface area contributed by atoms with Crippen LogP contribution in [0.5, 0.6) is 0 Å². The van der Waals surface area contributed by atoms with Crippen molar-refractivity contribution in [2.45, 2.75) is 25.8 Å². The Hall–Kier alpha value is -1.13. The highest BCUT2D eigenvalue weighted by molar-refractivity contribution is 9.10. The summed E-state index contributed by atoms with van der Waals surface area (Å²) < 4.78 is 6.18. The van der Waals surface area contributed by atoms with Crippen LogP contribution >= 0.6 is 15.9 Å². The van der Waals surface area contributed by atoms with Crippen LogP contribution in [-0.4, -0.2) is 19.1 Å². The zero-order chi connectivity index (χ0) is 14.3. The smallest absolute Gasteiger partial charge is 0.330 e. The van der Waals surface area contributed by atoms with Crippen LogP contribution in [0.25, 0.3) is 0 Å². The molecule has 0 bridgehead atoms. The van der Waals surface area contributed by atoms with Crippen LogP contribution in [0.4, 0.5) is 0 Å². The van der Waals surface area contributed by atoms with E-state index in [0.29, 0.717) is 19.6 Å². The van der Waals surface area contributed by atoms with Gasteiger partial charge in [0.15, 0.2) is 0 Å². The van der Waals surface area contributed by atoms with Gasteiger partial charge in [-0.05, 0) is 31.0 Å². The quantitative estimate of drug-likeness (QED) is 0.616. The summed E-state index contributed by atoms with van der Waals surface area (Å²) in [5, 5.41) is 3.25. The van der Waals surface area contributed by atoms with Gasteiger partial charge < -0.3 is 4.74 Å². The molecule has 1 unspecified atom stereocenters.